The number of rotatable bonds is 8. The van der Waals surface area contributed by atoms with Crippen molar-refractivity contribution >= 4 is 8.32 Å². The van der Waals surface area contributed by atoms with Gasteiger partial charge in [0, 0.05) is 0 Å². The molecule has 3 atom stereocenters. The van der Waals surface area contributed by atoms with E-state index >= 15 is 0 Å². The molecule has 4 heteroatoms. The van der Waals surface area contributed by atoms with Crippen molar-refractivity contribution in [2.75, 3.05) is 6.61 Å². The van der Waals surface area contributed by atoms with Crippen LogP contribution in [0.25, 0.3) is 0 Å². The third-order valence-electron chi connectivity index (χ3n) is 5.34. The van der Waals surface area contributed by atoms with E-state index in [0.29, 0.717) is 13.2 Å². The summed E-state index contributed by atoms with van der Waals surface area (Å²) in [7, 11) is -1.74. The summed E-state index contributed by atoms with van der Waals surface area (Å²) in [6, 6.07) is 10.2. The molecule has 0 unspecified atom stereocenters. The van der Waals surface area contributed by atoms with Crippen molar-refractivity contribution in [1.82, 2.24) is 0 Å². The molecule has 1 aromatic rings. The molecule has 0 N–H and O–H groups in total. The molecule has 0 spiro atoms. The van der Waals surface area contributed by atoms with Crippen LogP contribution in [0.1, 0.15) is 40.2 Å². The van der Waals surface area contributed by atoms with E-state index in [9.17, 15) is 0 Å². The Balaban J connectivity index is 1.76. The standard InChI is InChI=1S/C21H34O3Si/c1-17(24-25(6,7)20(2,3)4)13-14-21(5)19(23-21)16-22-15-18-11-9-8-10-12-18/h8-14,17,19H,15-16H2,1-7H3/b14-13-/t17-,19-,21+/m1/s1. The van der Waals surface area contributed by atoms with Gasteiger partial charge in [0.05, 0.1) is 19.3 Å². The second-order valence-corrected chi connectivity index (χ2v) is 13.5. The molecule has 0 saturated carbocycles. The number of benzene rings is 1. The Hall–Kier alpha value is -0.943. The molecule has 1 saturated heterocycles. The van der Waals surface area contributed by atoms with Gasteiger partial charge in [-0.1, -0.05) is 63.3 Å². The first-order valence-electron chi connectivity index (χ1n) is 9.20. The van der Waals surface area contributed by atoms with Gasteiger partial charge in [0.1, 0.15) is 11.7 Å². The van der Waals surface area contributed by atoms with Crippen LogP contribution in [0.4, 0.5) is 0 Å². The minimum Gasteiger partial charge on any atom is -0.411 e. The highest BCUT2D eigenvalue weighted by Gasteiger charge is 2.50. The van der Waals surface area contributed by atoms with Crippen molar-refractivity contribution in [2.45, 2.75) is 77.2 Å². The Morgan fingerprint density at radius 3 is 2.48 bits per heavy atom. The number of epoxide rings is 1. The molecule has 1 fully saturated rings. The molecular weight excluding hydrogens is 328 g/mol. The maximum atomic E-state index is 6.36. The third kappa shape index (κ3) is 5.78. The molecule has 140 valence electrons. The Morgan fingerprint density at radius 2 is 1.88 bits per heavy atom. The fourth-order valence-electron chi connectivity index (χ4n) is 2.48. The van der Waals surface area contributed by atoms with Crippen LogP contribution in [0.3, 0.4) is 0 Å². The Labute approximate surface area is 154 Å². The molecule has 1 heterocycles. The monoisotopic (exact) mass is 362 g/mol. The quantitative estimate of drug-likeness (QED) is 0.356. The SMILES string of the molecule is C[C@H](/C=C\[C@]1(C)O[C@@H]1COCc1ccccc1)O[Si](C)(C)C(C)(C)C. The summed E-state index contributed by atoms with van der Waals surface area (Å²) in [5.74, 6) is 0. The summed E-state index contributed by atoms with van der Waals surface area (Å²) in [4.78, 5) is 0. The fourth-order valence-corrected chi connectivity index (χ4v) is 3.85. The van der Waals surface area contributed by atoms with Crippen molar-refractivity contribution in [3.05, 3.63) is 48.0 Å². The van der Waals surface area contributed by atoms with Crippen LogP contribution in [-0.4, -0.2) is 32.7 Å². The van der Waals surface area contributed by atoms with Crippen LogP contribution in [0.15, 0.2) is 42.5 Å². The van der Waals surface area contributed by atoms with Gasteiger partial charge in [0.2, 0.25) is 0 Å². The first-order chi connectivity index (χ1) is 11.5. The van der Waals surface area contributed by atoms with Crippen molar-refractivity contribution in [1.29, 1.82) is 0 Å². The van der Waals surface area contributed by atoms with Gasteiger partial charge in [0.15, 0.2) is 8.32 Å². The summed E-state index contributed by atoms with van der Waals surface area (Å²) in [6.07, 6.45) is 4.51. The smallest absolute Gasteiger partial charge is 0.192 e. The zero-order valence-corrected chi connectivity index (χ0v) is 17.8. The summed E-state index contributed by atoms with van der Waals surface area (Å²) in [5, 5.41) is 0.225. The molecule has 1 aromatic carbocycles. The van der Waals surface area contributed by atoms with Gasteiger partial charge in [-0.05, 0) is 37.5 Å². The lowest BCUT2D eigenvalue weighted by atomic mass is 10.1. The summed E-state index contributed by atoms with van der Waals surface area (Å²) in [6.45, 7) is 16.8. The topological polar surface area (TPSA) is 31.0 Å². The van der Waals surface area contributed by atoms with E-state index in [1.165, 1.54) is 5.56 Å². The molecule has 0 aliphatic carbocycles. The first kappa shape index (κ1) is 20.4. The average Bonchev–Trinajstić information content (AvgIpc) is 3.16. The van der Waals surface area contributed by atoms with Crippen molar-refractivity contribution in [3.63, 3.8) is 0 Å². The summed E-state index contributed by atoms with van der Waals surface area (Å²) < 4.78 is 18.0. The molecule has 0 radical (unpaired) electrons. The Bertz CT molecular complexity index is 577. The van der Waals surface area contributed by atoms with Crippen LogP contribution < -0.4 is 0 Å². The van der Waals surface area contributed by atoms with Crippen molar-refractivity contribution < 1.29 is 13.9 Å². The zero-order chi connectivity index (χ0) is 18.7. The van der Waals surface area contributed by atoms with Gasteiger partial charge < -0.3 is 13.9 Å². The van der Waals surface area contributed by atoms with Gasteiger partial charge >= 0.3 is 0 Å². The van der Waals surface area contributed by atoms with Crippen molar-refractivity contribution in [2.24, 2.45) is 0 Å². The molecule has 25 heavy (non-hydrogen) atoms. The molecular formula is C21H34O3Si. The fraction of sp³-hybridized carbons (Fsp3) is 0.619. The Morgan fingerprint density at radius 1 is 1.24 bits per heavy atom. The molecule has 1 aliphatic rings. The summed E-state index contributed by atoms with van der Waals surface area (Å²) >= 11 is 0. The van der Waals surface area contributed by atoms with Gasteiger partial charge in [-0.3, -0.25) is 0 Å². The van der Waals surface area contributed by atoms with Crippen LogP contribution >= 0.6 is 0 Å². The van der Waals surface area contributed by atoms with Gasteiger partial charge in [-0.25, -0.2) is 0 Å². The van der Waals surface area contributed by atoms with Crippen LogP contribution in [-0.2, 0) is 20.5 Å². The largest absolute Gasteiger partial charge is 0.411 e. The van der Waals surface area contributed by atoms with E-state index in [1.54, 1.807) is 0 Å². The lowest BCUT2D eigenvalue weighted by Crippen LogP contribution is -2.42. The number of hydrogen-bond donors (Lipinski definition) is 0. The molecule has 2 rings (SSSR count). The highest BCUT2D eigenvalue weighted by molar-refractivity contribution is 6.74. The molecule has 3 nitrogen and oxygen atoms in total. The molecule has 0 bridgehead atoms. The normalized spacial score (nSPS) is 25.3. The van der Waals surface area contributed by atoms with Gasteiger partial charge in [-0.2, -0.15) is 0 Å². The molecule has 0 aromatic heterocycles. The second-order valence-electron chi connectivity index (χ2n) is 8.73. The second kappa shape index (κ2) is 7.75. The van der Waals surface area contributed by atoms with E-state index < -0.39 is 8.32 Å². The summed E-state index contributed by atoms with van der Waals surface area (Å²) in [5.41, 5.74) is 0.971. The van der Waals surface area contributed by atoms with Crippen LogP contribution in [0, 0.1) is 0 Å². The molecule has 0 amide bonds. The average molecular weight is 363 g/mol. The van der Waals surface area contributed by atoms with Crippen LogP contribution in [0.5, 0.6) is 0 Å². The van der Waals surface area contributed by atoms with Gasteiger partial charge in [-0.15, -0.1) is 0 Å². The van der Waals surface area contributed by atoms with E-state index in [4.69, 9.17) is 13.9 Å². The lowest BCUT2D eigenvalue weighted by molar-refractivity contribution is 0.104. The lowest BCUT2D eigenvalue weighted by Gasteiger charge is -2.37. The van der Waals surface area contributed by atoms with E-state index in [1.807, 2.05) is 18.2 Å². The van der Waals surface area contributed by atoms with E-state index in [-0.39, 0.29) is 22.8 Å². The highest BCUT2D eigenvalue weighted by Crippen LogP contribution is 2.39. The molecule has 1 aliphatic heterocycles. The minimum absolute atomic E-state index is 0.104. The van der Waals surface area contributed by atoms with Crippen molar-refractivity contribution in [3.8, 4) is 0 Å². The predicted octanol–water partition coefficient (Wildman–Crippen LogP) is 5.33. The number of hydrogen-bond acceptors (Lipinski definition) is 3. The van der Waals surface area contributed by atoms with E-state index in [2.05, 4.69) is 72.0 Å². The van der Waals surface area contributed by atoms with E-state index in [0.717, 1.165) is 0 Å². The maximum Gasteiger partial charge on any atom is 0.192 e. The highest BCUT2D eigenvalue weighted by atomic mass is 28.4. The Kier molecular flexibility index (Phi) is 6.31. The van der Waals surface area contributed by atoms with Gasteiger partial charge in [0.25, 0.3) is 0 Å². The maximum absolute atomic E-state index is 6.36. The predicted molar refractivity (Wildman–Crippen MR) is 106 cm³/mol. The van der Waals surface area contributed by atoms with Crippen LogP contribution in [0.2, 0.25) is 18.1 Å². The zero-order valence-electron chi connectivity index (χ0n) is 16.8. The number of ether oxygens (including phenoxy) is 2. The minimum atomic E-state index is -1.74. The first-order valence-corrected chi connectivity index (χ1v) is 12.1. The third-order valence-corrected chi connectivity index (χ3v) is 9.92.